The molecule has 0 unspecified atom stereocenters. The molecule has 178 valence electrons. The molecule has 0 bridgehead atoms. The highest BCUT2D eigenvalue weighted by molar-refractivity contribution is 5.92. The number of aromatic nitrogens is 8. The van der Waals surface area contributed by atoms with E-state index < -0.39 is 0 Å². The molecule has 9 nitrogen and oxygen atoms in total. The Morgan fingerprint density at radius 3 is 2.42 bits per heavy atom. The molecule has 0 saturated heterocycles. The van der Waals surface area contributed by atoms with E-state index in [-0.39, 0.29) is 0 Å². The quantitative estimate of drug-likeness (QED) is 0.359. The molecule has 0 aliphatic rings. The van der Waals surface area contributed by atoms with Crippen LogP contribution in [0, 0.1) is 13.8 Å². The van der Waals surface area contributed by atoms with E-state index in [1.807, 2.05) is 97.0 Å². The molecular weight excluding hydrogens is 452 g/mol. The first-order valence-corrected chi connectivity index (χ1v) is 11.6. The van der Waals surface area contributed by atoms with Crippen LogP contribution in [0.4, 0.5) is 0 Å². The van der Waals surface area contributed by atoms with E-state index in [1.165, 1.54) is 0 Å². The minimum Gasteiger partial charge on any atom is -0.497 e. The summed E-state index contributed by atoms with van der Waals surface area (Å²) in [6.07, 6.45) is 1.79. The van der Waals surface area contributed by atoms with Crippen molar-refractivity contribution in [3.63, 3.8) is 0 Å². The van der Waals surface area contributed by atoms with Gasteiger partial charge in [0.15, 0.2) is 5.82 Å². The Labute approximate surface area is 207 Å². The van der Waals surface area contributed by atoms with Gasteiger partial charge in [0.1, 0.15) is 17.1 Å². The van der Waals surface area contributed by atoms with E-state index >= 15 is 0 Å². The molecule has 0 radical (unpaired) electrons. The Morgan fingerprint density at radius 1 is 0.806 bits per heavy atom. The summed E-state index contributed by atoms with van der Waals surface area (Å²) >= 11 is 0. The third kappa shape index (κ3) is 3.61. The highest BCUT2D eigenvalue weighted by atomic mass is 16.5. The van der Waals surface area contributed by atoms with Crippen molar-refractivity contribution < 1.29 is 4.74 Å². The van der Waals surface area contributed by atoms with E-state index in [1.54, 1.807) is 18.0 Å². The zero-order valence-corrected chi connectivity index (χ0v) is 20.4. The number of aryl methyl sites for hydroxylation is 3. The van der Waals surface area contributed by atoms with Gasteiger partial charge in [-0.3, -0.25) is 9.67 Å². The van der Waals surface area contributed by atoms with E-state index in [0.29, 0.717) is 17.3 Å². The van der Waals surface area contributed by atoms with Crippen LogP contribution in [-0.2, 0) is 7.05 Å². The van der Waals surface area contributed by atoms with Gasteiger partial charge in [0.2, 0.25) is 5.82 Å². The van der Waals surface area contributed by atoms with Crippen LogP contribution in [0.3, 0.4) is 0 Å². The number of benzene rings is 2. The molecule has 0 saturated carbocycles. The van der Waals surface area contributed by atoms with Gasteiger partial charge in [0.05, 0.1) is 35.9 Å². The molecule has 2 aromatic carbocycles. The maximum absolute atomic E-state index is 5.45. The first-order chi connectivity index (χ1) is 17.5. The second-order valence-corrected chi connectivity index (χ2v) is 8.60. The van der Waals surface area contributed by atoms with Crippen LogP contribution in [0.15, 0.2) is 72.9 Å². The lowest BCUT2D eigenvalue weighted by Gasteiger charge is -2.06. The topological polar surface area (TPSA) is 88.5 Å². The number of methoxy groups -OCH3 is 1. The largest absolute Gasteiger partial charge is 0.497 e. The summed E-state index contributed by atoms with van der Waals surface area (Å²) < 4.78 is 11.0. The molecule has 0 spiro atoms. The Morgan fingerprint density at radius 2 is 1.67 bits per heavy atom. The summed E-state index contributed by atoms with van der Waals surface area (Å²) in [4.78, 5) is 9.59. The summed E-state index contributed by atoms with van der Waals surface area (Å²) in [6, 6.07) is 21.7. The number of pyridine rings is 1. The summed E-state index contributed by atoms with van der Waals surface area (Å²) in [7, 11) is 3.58. The van der Waals surface area contributed by atoms with Gasteiger partial charge < -0.3 is 4.74 Å². The number of rotatable bonds is 5. The maximum atomic E-state index is 5.45. The van der Waals surface area contributed by atoms with E-state index in [9.17, 15) is 0 Å². The van der Waals surface area contributed by atoms with Crippen LogP contribution in [-0.4, -0.2) is 46.4 Å². The lowest BCUT2D eigenvalue weighted by Crippen LogP contribution is -2.01. The summed E-state index contributed by atoms with van der Waals surface area (Å²) in [5.74, 6) is 1.86. The normalized spacial score (nSPS) is 11.3. The first-order valence-electron chi connectivity index (χ1n) is 11.6. The van der Waals surface area contributed by atoms with Crippen molar-refractivity contribution in [2.24, 2.45) is 7.05 Å². The fraction of sp³-hybridized carbons (Fsp3) is 0.148. The number of nitrogens with zero attached hydrogens (tertiary/aromatic N) is 8. The van der Waals surface area contributed by atoms with E-state index in [4.69, 9.17) is 19.9 Å². The Bertz CT molecular complexity index is 1710. The summed E-state index contributed by atoms with van der Waals surface area (Å²) in [6.45, 7) is 4.00. The highest BCUT2D eigenvalue weighted by Gasteiger charge is 2.21. The van der Waals surface area contributed by atoms with Crippen LogP contribution < -0.4 is 4.74 Å². The van der Waals surface area contributed by atoms with Crippen molar-refractivity contribution in [1.82, 2.24) is 39.3 Å². The molecule has 0 atom stereocenters. The zero-order chi connectivity index (χ0) is 24.8. The Kier molecular flexibility index (Phi) is 5.10. The van der Waals surface area contributed by atoms with Crippen LogP contribution in [0.5, 0.6) is 5.75 Å². The first kappa shape index (κ1) is 21.7. The van der Waals surface area contributed by atoms with Crippen LogP contribution in [0.1, 0.15) is 11.4 Å². The van der Waals surface area contributed by atoms with E-state index in [2.05, 4.69) is 10.1 Å². The Hall–Kier alpha value is -4.79. The molecule has 0 aliphatic carbocycles. The number of ether oxygens (including phenoxy) is 1. The molecule has 0 fully saturated rings. The lowest BCUT2D eigenvalue weighted by atomic mass is 10.2. The average Bonchev–Trinajstić information content (AvgIpc) is 3.59. The van der Waals surface area contributed by atoms with Gasteiger partial charge in [-0.15, -0.1) is 5.10 Å². The van der Waals surface area contributed by atoms with E-state index in [0.717, 1.165) is 45.1 Å². The minimum absolute atomic E-state index is 0.502. The number of para-hydroxylation sites is 1. The smallest absolute Gasteiger partial charge is 0.200 e. The Balaban J connectivity index is 1.50. The third-order valence-electron chi connectivity index (χ3n) is 6.11. The van der Waals surface area contributed by atoms with Crippen molar-refractivity contribution in [2.45, 2.75) is 13.8 Å². The van der Waals surface area contributed by atoms with Gasteiger partial charge in [0.25, 0.3) is 0 Å². The van der Waals surface area contributed by atoms with Crippen LogP contribution in [0.2, 0.25) is 0 Å². The third-order valence-corrected chi connectivity index (χ3v) is 6.11. The second-order valence-electron chi connectivity index (χ2n) is 8.60. The van der Waals surface area contributed by atoms with Gasteiger partial charge in [-0.1, -0.05) is 24.3 Å². The minimum atomic E-state index is 0.502. The number of fused-ring (bicyclic) bond motifs is 1. The molecule has 4 heterocycles. The van der Waals surface area contributed by atoms with Gasteiger partial charge in [-0.05, 0) is 50.2 Å². The molecule has 4 aromatic heterocycles. The van der Waals surface area contributed by atoms with Crippen molar-refractivity contribution in [3.05, 3.63) is 84.3 Å². The van der Waals surface area contributed by atoms with Gasteiger partial charge in [-0.2, -0.15) is 10.2 Å². The highest BCUT2D eigenvalue weighted by Crippen LogP contribution is 2.30. The number of hydrogen-bond donors (Lipinski definition) is 0. The van der Waals surface area contributed by atoms with Gasteiger partial charge in [0, 0.05) is 24.2 Å². The predicted octanol–water partition coefficient (Wildman–Crippen LogP) is 4.69. The molecule has 0 amide bonds. The summed E-state index contributed by atoms with van der Waals surface area (Å²) in [5.41, 5.74) is 6.12. The van der Waals surface area contributed by atoms with Crippen molar-refractivity contribution in [3.8, 4) is 40.2 Å². The van der Waals surface area contributed by atoms with Crippen molar-refractivity contribution in [2.75, 3.05) is 7.11 Å². The zero-order valence-electron chi connectivity index (χ0n) is 20.4. The molecule has 0 N–H and O–H groups in total. The fourth-order valence-electron chi connectivity index (χ4n) is 4.41. The monoisotopic (exact) mass is 476 g/mol. The second kappa shape index (κ2) is 8.46. The fourth-order valence-corrected chi connectivity index (χ4v) is 4.41. The van der Waals surface area contributed by atoms with Crippen LogP contribution >= 0.6 is 0 Å². The average molecular weight is 477 g/mol. The molecule has 6 rings (SSSR count). The van der Waals surface area contributed by atoms with Gasteiger partial charge >= 0.3 is 0 Å². The molecule has 0 aliphatic heterocycles. The predicted molar refractivity (Wildman–Crippen MR) is 137 cm³/mol. The number of hydrogen-bond acceptors (Lipinski definition) is 6. The SMILES string of the molecule is COc1cccc(-n2nc(-c3ccc(-n4nc(C)cc4C)cn3)nc2-c2nn(C)c3ccccc23)c1. The van der Waals surface area contributed by atoms with Crippen LogP contribution in [0.25, 0.3) is 45.3 Å². The maximum Gasteiger partial charge on any atom is 0.200 e. The van der Waals surface area contributed by atoms with Crippen molar-refractivity contribution in [1.29, 1.82) is 0 Å². The van der Waals surface area contributed by atoms with Crippen molar-refractivity contribution >= 4 is 10.9 Å². The molecule has 9 heteroatoms. The van der Waals surface area contributed by atoms with Gasteiger partial charge in [-0.25, -0.2) is 14.3 Å². The lowest BCUT2D eigenvalue weighted by molar-refractivity contribution is 0.414. The standard InChI is InChI=1S/C27H24N8O/c1-17-14-18(2)34(30-17)20-12-13-23(28-16-20)26-29-27(25-22-10-5-6-11-24(22)33(3)31-25)35(32-26)19-8-7-9-21(15-19)36-4/h5-16H,1-4H3. The molecule has 36 heavy (non-hydrogen) atoms. The summed E-state index contributed by atoms with van der Waals surface area (Å²) in [5, 5.41) is 15.2. The molecule has 6 aromatic rings. The molecular formula is C27H24N8O.